The fraction of sp³-hybridized carbons (Fsp3) is 0.667. The zero-order chi connectivity index (χ0) is 2.71. The molecule has 0 atom stereocenters. The molecule has 31 valence electrons. The second kappa shape index (κ2) is 18.0. The topological polar surface area (TPSA) is 0 Å². The Balaban J connectivity index is -0.0000000200. The standard InChI is InChI=1S/C3H7.H2S.Y/c1-3-2;;/h1,3H2,2H3;1H2;/q-1;;/p-1. The molecule has 0 saturated carbocycles. The molecule has 0 spiro atoms. The molecule has 2 heteroatoms. The third-order valence-electron chi connectivity index (χ3n) is 0. The van der Waals surface area contributed by atoms with Gasteiger partial charge in [-0.3, -0.25) is 0 Å². The van der Waals surface area contributed by atoms with Crippen LogP contribution >= 0.6 is 0 Å². The summed E-state index contributed by atoms with van der Waals surface area (Å²) in [7, 11) is 0. The Labute approximate surface area is 66.0 Å². The van der Waals surface area contributed by atoms with Crippen molar-refractivity contribution in [3.8, 4) is 0 Å². The van der Waals surface area contributed by atoms with Gasteiger partial charge in [0.1, 0.15) is 0 Å². The Bertz CT molecular complexity index is 6.85. The van der Waals surface area contributed by atoms with E-state index in [2.05, 4.69) is 6.92 Å². The number of thiol groups is 1. The van der Waals surface area contributed by atoms with Gasteiger partial charge in [-0.1, -0.05) is 6.92 Å². The second-order valence-electron chi connectivity index (χ2n) is 0.500. The van der Waals surface area contributed by atoms with Crippen LogP contribution in [0.15, 0.2) is 0 Å². The SMILES string of the molecule is [CH2-]CC.[SH-].[Y]. The summed E-state index contributed by atoms with van der Waals surface area (Å²) in [6.07, 6.45) is 1.00. The molecule has 0 rings (SSSR count). The van der Waals surface area contributed by atoms with Crippen LogP contribution in [0.25, 0.3) is 0 Å². The number of hydrogen-bond donors (Lipinski definition) is 0. The van der Waals surface area contributed by atoms with Crippen LogP contribution in [0.5, 0.6) is 0 Å². The number of hydrogen-bond acceptors (Lipinski definition) is 1. The Hall–Kier alpha value is 1.45. The molecule has 0 aliphatic rings. The first kappa shape index (κ1) is 16.1. The van der Waals surface area contributed by atoms with Gasteiger partial charge in [0.15, 0.2) is 0 Å². The second-order valence-corrected chi connectivity index (χ2v) is 0.500. The Morgan fingerprint density at radius 2 is 1.60 bits per heavy atom. The summed E-state index contributed by atoms with van der Waals surface area (Å²) >= 11 is 0. The van der Waals surface area contributed by atoms with Gasteiger partial charge < -0.3 is 20.4 Å². The third-order valence-corrected chi connectivity index (χ3v) is 0. The monoisotopic (exact) mass is 165 g/mol. The smallest absolute Gasteiger partial charge is 0 e. The van der Waals surface area contributed by atoms with Gasteiger partial charge in [-0.25, -0.2) is 0 Å². The maximum atomic E-state index is 3.49. The van der Waals surface area contributed by atoms with Gasteiger partial charge in [0.2, 0.25) is 0 Å². The van der Waals surface area contributed by atoms with Crippen molar-refractivity contribution < 1.29 is 32.7 Å². The first-order chi connectivity index (χ1) is 1.41. The van der Waals surface area contributed by atoms with E-state index in [1.54, 1.807) is 0 Å². The summed E-state index contributed by atoms with van der Waals surface area (Å²) in [6, 6.07) is 0. The van der Waals surface area contributed by atoms with E-state index in [0.29, 0.717) is 0 Å². The van der Waals surface area contributed by atoms with E-state index >= 15 is 0 Å². The number of rotatable bonds is 0. The van der Waals surface area contributed by atoms with Crippen LogP contribution in [0.4, 0.5) is 0 Å². The molecule has 0 aliphatic heterocycles. The van der Waals surface area contributed by atoms with Gasteiger partial charge >= 0.3 is 0 Å². The van der Waals surface area contributed by atoms with E-state index in [9.17, 15) is 0 Å². The average molecular weight is 165 g/mol. The minimum Gasteiger partial charge on any atom is -0.813 e. The van der Waals surface area contributed by atoms with Crippen LogP contribution in [0.2, 0.25) is 0 Å². The molecule has 0 bridgehead atoms. The predicted molar refractivity (Wildman–Crippen MR) is 24.4 cm³/mol. The fourth-order valence-electron chi connectivity index (χ4n) is 0. The molecule has 1 radical (unpaired) electrons. The van der Waals surface area contributed by atoms with Crippen LogP contribution in [0.1, 0.15) is 13.3 Å². The van der Waals surface area contributed by atoms with Crippen molar-refractivity contribution in [1.82, 2.24) is 0 Å². The van der Waals surface area contributed by atoms with Crippen molar-refractivity contribution in [2.24, 2.45) is 0 Å². The molecule has 0 aliphatic carbocycles. The summed E-state index contributed by atoms with van der Waals surface area (Å²) in [5, 5.41) is 0. The molecule has 0 aromatic carbocycles. The minimum atomic E-state index is 0. The minimum absolute atomic E-state index is 0. The van der Waals surface area contributed by atoms with Gasteiger partial charge in [0, 0.05) is 32.7 Å². The molecule has 0 amide bonds. The van der Waals surface area contributed by atoms with Crippen molar-refractivity contribution in [3.63, 3.8) is 0 Å². The first-order valence-corrected chi connectivity index (χ1v) is 1.21. The maximum absolute atomic E-state index is 3.49. The van der Waals surface area contributed by atoms with Crippen LogP contribution in [0, 0.1) is 6.92 Å². The van der Waals surface area contributed by atoms with Crippen LogP contribution < -0.4 is 0 Å². The molecule has 0 unspecified atom stereocenters. The normalized spacial score (nSPS) is 3.60. The fourth-order valence-corrected chi connectivity index (χ4v) is 0. The predicted octanol–water partition coefficient (Wildman–Crippen LogP) is 0.958. The van der Waals surface area contributed by atoms with Crippen molar-refractivity contribution in [2.45, 2.75) is 13.3 Å². The van der Waals surface area contributed by atoms with Gasteiger partial charge in [-0.15, -0.1) is 0 Å². The van der Waals surface area contributed by atoms with Gasteiger partial charge in [-0.2, -0.15) is 6.42 Å². The zero-order valence-corrected chi connectivity index (χ0v) is 7.17. The summed E-state index contributed by atoms with van der Waals surface area (Å²) < 4.78 is 0. The Morgan fingerprint density at radius 3 is 1.60 bits per heavy atom. The van der Waals surface area contributed by atoms with Crippen molar-refractivity contribution in [1.29, 1.82) is 0 Å². The van der Waals surface area contributed by atoms with Crippen LogP contribution in [0.3, 0.4) is 0 Å². The Kier molecular flexibility index (Phi) is 57.8. The van der Waals surface area contributed by atoms with Crippen LogP contribution in [-0.2, 0) is 46.2 Å². The van der Waals surface area contributed by atoms with E-state index in [4.69, 9.17) is 0 Å². The summed E-state index contributed by atoms with van der Waals surface area (Å²) in [5.41, 5.74) is 0. The van der Waals surface area contributed by atoms with Crippen molar-refractivity contribution in [3.05, 3.63) is 6.92 Å². The van der Waals surface area contributed by atoms with E-state index in [-0.39, 0.29) is 46.2 Å². The molecule has 0 saturated heterocycles. The van der Waals surface area contributed by atoms with E-state index in [0.717, 1.165) is 6.42 Å². The zero-order valence-electron chi connectivity index (χ0n) is 3.44. The van der Waals surface area contributed by atoms with Crippen molar-refractivity contribution >= 4 is 13.5 Å². The molecule has 0 N–H and O–H groups in total. The maximum Gasteiger partial charge on any atom is 0 e. The molecule has 0 fully saturated rings. The molecule has 0 heterocycles. The largest absolute Gasteiger partial charge is 0.813 e. The average Bonchev–Trinajstić information content (AvgIpc) is 0.918. The van der Waals surface area contributed by atoms with E-state index in [1.165, 1.54) is 0 Å². The molecular weight excluding hydrogens is 157 g/mol. The van der Waals surface area contributed by atoms with E-state index < -0.39 is 0 Å². The third kappa shape index (κ3) is 30.8. The molecule has 0 aromatic rings. The van der Waals surface area contributed by atoms with Crippen molar-refractivity contribution in [2.75, 3.05) is 0 Å². The van der Waals surface area contributed by atoms with Gasteiger partial charge in [0.05, 0.1) is 0 Å². The Morgan fingerprint density at radius 1 is 1.60 bits per heavy atom. The molecule has 0 aromatic heterocycles. The van der Waals surface area contributed by atoms with E-state index in [1.807, 2.05) is 6.92 Å². The quantitative estimate of drug-likeness (QED) is 0.292. The van der Waals surface area contributed by atoms with Gasteiger partial charge in [0.25, 0.3) is 0 Å². The van der Waals surface area contributed by atoms with Crippen LogP contribution in [-0.4, -0.2) is 0 Å². The molecular formula is C3H8SY-2. The summed E-state index contributed by atoms with van der Waals surface area (Å²) in [6.45, 7) is 5.50. The summed E-state index contributed by atoms with van der Waals surface area (Å²) in [4.78, 5) is 0. The molecule has 5 heavy (non-hydrogen) atoms. The summed E-state index contributed by atoms with van der Waals surface area (Å²) in [5.74, 6) is 0. The van der Waals surface area contributed by atoms with Gasteiger partial charge in [-0.05, 0) is 0 Å². The molecule has 0 nitrogen and oxygen atoms in total. The first-order valence-electron chi connectivity index (χ1n) is 1.21.